The van der Waals surface area contributed by atoms with Crippen LogP contribution < -0.4 is 9.47 Å². The van der Waals surface area contributed by atoms with Crippen LogP contribution in [-0.4, -0.2) is 60.7 Å². The van der Waals surface area contributed by atoms with Gasteiger partial charge in [-0.2, -0.15) is 0 Å². The van der Waals surface area contributed by atoms with E-state index in [1.165, 1.54) is 0 Å². The van der Waals surface area contributed by atoms with Gasteiger partial charge in [-0.05, 0) is 61.2 Å². The van der Waals surface area contributed by atoms with E-state index in [1.54, 1.807) is 37.3 Å². The second kappa shape index (κ2) is 9.84. The van der Waals surface area contributed by atoms with Gasteiger partial charge in [0.15, 0.2) is 11.5 Å². The third-order valence-electron chi connectivity index (χ3n) is 5.12. The summed E-state index contributed by atoms with van der Waals surface area (Å²) in [4.78, 5) is 40.7. The normalized spacial score (nSPS) is 18.1. The van der Waals surface area contributed by atoms with Crippen LogP contribution in [0.1, 0.15) is 30.4 Å². The van der Waals surface area contributed by atoms with E-state index >= 15 is 0 Å². The summed E-state index contributed by atoms with van der Waals surface area (Å²) in [6, 6.07) is 3.62. The molecular formula is C22H26N2O5S. The van der Waals surface area contributed by atoms with Crippen molar-refractivity contribution in [3.05, 3.63) is 40.8 Å². The topological polar surface area (TPSA) is 76.2 Å². The summed E-state index contributed by atoms with van der Waals surface area (Å²) in [5, 5.41) is -0.427. The van der Waals surface area contributed by atoms with Gasteiger partial charge in [0, 0.05) is 18.7 Å². The van der Waals surface area contributed by atoms with E-state index in [-0.39, 0.29) is 17.4 Å². The minimum atomic E-state index is -0.449. The Morgan fingerprint density at radius 2 is 1.90 bits per heavy atom. The second-order valence-electron chi connectivity index (χ2n) is 7.12. The second-order valence-corrected chi connectivity index (χ2v) is 8.11. The highest BCUT2D eigenvalue weighted by Gasteiger charge is 2.37. The number of benzene rings is 1. The molecule has 2 aliphatic rings. The summed E-state index contributed by atoms with van der Waals surface area (Å²) in [7, 11) is 3.11. The van der Waals surface area contributed by atoms with E-state index in [1.807, 2.05) is 6.07 Å². The minimum Gasteiger partial charge on any atom is -0.493 e. The standard InChI is InChI=1S/C22H26N2O5S/c1-4-8-16-11-15(12-17(28-2)20(16)29-3)13-18-21(26)24(22(27)30-18)14-19(25)23-9-6-5-7-10-23/h4,11-13H,1,5-10,14H2,2-3H3/b18-13-. The first-order chi connectivity index (χ1) is 14.5. The molecule has 160 valence electrons. The Hall–Kier alpha value is -2.74. The van der Waals surface area contributed by atoms with Crippen molar-refractivity contribution in [3.63, 3.8) is 0 Å². The molecule has 0 bridgehead atoms. The van der Waals surface area contributed by atoms with Crippen LogP contribution in [0, 0.1) is 0 Å². The molecule has 0 N–H and O–H groups in total. The van der Waals surface area contributed by atoms with Crippen LogP contribution in [0.3, 0.4) is 0 Å². The van der Waals surface area contributed by atoms with E-state index in [0.717, 1.165) is 41.5 Å². The van der Waals surface area contributed by atoms with Crippen molar-refractivity contribution >= 4 is 34.9 Å². The van der Waals surface area contributed by atoms with Crippen molar-refractivity contribution in [2.45, 2.75) is 25.7 Å². The molecule has 2 heterocycles. The molecule has 0 spiro atoms. The monoisotopic (exact) mass is 430 g/mol. The number of allylic oxidation sites excluding steroid dienone is 1. The van der Waals surface area contributed by atoms with Crippen molar-refractivity contribution in [2.75, 3.05) is 33.9 Å². The molecule has 0 aromatic heterocycles. The number of ether oxygens (including phenoxy) is 2. The minimum absolute atomic E-state index is 0.183. The Balaban J connectivity index is 1.81. The first-order valence-electron chi connectivity index (χ1n) is 9.87. The highest BCUT2D eigenvalue weighted by atomic mass is 32.2. The number of hydrogen-bond acceptors (Lipinski definition) is 6. The lowest BCUT2D eigenvalue weighted by molar-refractivity contribution is -0.136. The maximum Gasteiger partial charge on any atom is 0.294 e. The molecule has 0 atom stereocenters. The predicted molar refractivity (Wildman–Crippen MR) is 117 cm³/mol. The van der Waals surface area contributed by atoms with Crippen molar-refractivity contribution in [1.82, 2.24) is 9.80 Å². The predicted octanol–water partition coefficient (Wildman–Crippen LogP) is 3.48. The number of rotatable bonds is 7. The highest BCUT2D eigenvalue weighted by Crippen LogP contribution is 2.37. The third-order valence-corrected chi connectivity index (χ3v) is 6.02. The first kappa shape index (κ1) is 22.0. The summed E-state index contributed by atoms with van der Waals surface area (Å²) in [6.07, 6.45) is 6.98. The van der Waals surface area contributed by atoms with Crippen LogP contribution in [0.25, 0.3) is 6.08 Å². The van der Waals surface area contributed by atoms with Crippen molar-refractivity contribution in [3.8, 4) is 11.5 Å². The summed E-state index contributed by atoms with van der Waals surface area (Å²) in [6.45, 7) is 4.91. The Bertz CT molecular complexity index is 890. The number of likely N-dealkylation sites (tertiary alicyclic amines) is 1. The van der Waals surface area contributed by atoms with Crippen molar-refractivity contribution in [2.24, 2.45) is 0 Å². The van der Waals surface area contributed by atoms with Crippen LogP contribution in [-0.2, 0) is 16.0 Å². The molecule has 0 aliphatic carbocycles. The lowest BCUT2D eigenvalue weighted by Crippen LogP contribution is -2.44. The Kier molecular flexibility index (Phi) is 7.20. The molecule has 0 saturated carbocycles. The molecule has 0 radical (unpaired) electrons. The number of thioether (sulfide) groups is 1. The van der Waals surface area contributed by atoms with Gasteiger partial charge in [0.2, 0.25) is 5.91 Å². The molecule has 1 aromatic carbocycles. The zero-order valence-corrected chi connectivity index (χ0v) is 18.1. The van der Waals surface area contributed by atoms with Crippen LogP contribution >= 0.6 is 11.8 Å². The quantitative estimate of drug-likeness (QED) is 0.487. The molecule has 2 fully saturated rings. The van der Waals surface area contributed by atoms with E-state index in [9.17, 15) is 14.4 Å². The zero-order chi connectivity index (χ0) is 21.7. The van der Waals surface area contributed by atoms with E-state index < -0.39 is 11.1 Å². The van der Waals surface area contributed by atoms with E-state index in [0.29, 0.717) is 36.6 Å². The van der Waals surface area contributed by atoms with Gasteiger partial charge in [0.1, 0.15) is 6.54 Å². The van der Waals surface area contributed by atoms with Crippen LogP contribution in [0.2, 0.25) is 0 Å². The average Bonchev–Trinajstić information content (AvgIpc) is 3.01. The fraction of sp³-hybridized carbons (Fsp3) is 0.409. The maximum atomic E-state index is 12.8. The van der Waals surface area contributed by atoms with Gasteiger partial charge in [-0.25, -0.2) is 0 Å². The Morgan fingerprint density at radius 1 is 1.17 bits per heavy atom. The summed E-state index contributed by atoms with van der Waals surface area (Å²) in [5.41, 5.74) is 1.56. The smallest absolute Gasteiger partial charge is 0.294 e. The maximum absolute atomic E-state index is 12.8. The van der Waals surface area contributed by atoms with Gasteiger partial charge in [-0.15, -0.1) is 6.58 Å². The SMILES string of the molecule is C=CCc1cc(/C=C2\SC(=O)N(CC(=O)N3CCCCC3)C2=O)cc(OC)c1OC. The average molecular weight is 431 g/mol. The van der Waals surface area contributed by atoms with Crippen LogP contribution in [0.4, 0.5) is 4.79 Å². The highest BCUT2D eigenvalue weighted by molar-refractivity contribution is 8.18. The fourth-order valence-corrected chi connectivity index (χ4v) is 4.46. The molecule has 30 heavy (non-hydrogen) atoms. The number of nitrogens with zero attached hydrogens (tertiary/aromatic N) is 2. The Morgan fingerprint density at radius 3 is 2.53 bits per heavy atom. The summed E-state index contributed by atoms with van der Waals surface area (Å²) in [5.74, 6) is 0.505. The lowest BCUT2D eigenvalue weighted by atomic mass is 10.0. The number of hydrogen-bond donors (Lipinski definition) is 0. The van der Waals surface area contributed by atoms with E-state index in [2.05, 4.69) is 6.58 Å². The molecule has 0 unspecified atom stereocenters. The zero-order valence-electron chi connectivity index (χ0n) is 17.3. The number of carbonyl (C=O) groups excluding carboxylic acids is 3. The Labute approximate surface area is 180 Å². The number of imide groups is 1. The van der Waals surface area contributed by atoms with Crippen LogP contribution in [0.15, 0.2) is 29.7 Å². The molecule has 3 amide bonds. The van der Waals surface area contributed by atoms with Crippen molar-refractivity contribution in [1.29, 1.82) is 0 Å². The number of methoxy groups -OCH3 is 2. The van der Waals surface area contributed by atoms with Crippen LogP contribution in [0.5, 0.6) is 11.5 Å². The molecule has 3 rings (SSSR count). The van der Waals surface area contributed by atoms with E-state index in [4.69, 9.17) is 9.47 Å². The third kappa shape index (κ3) is 4.70. The number of piperidine rings is 1. The fourth-order valence-electron chi connectivity index (χ4n) is 3.62. The largest absolute Gasteiger partial charge is 0.493 e. The van der Waals surface area contributed by atoms with Gasteiger partial charge in [-0.3, -0.25) is 19.3 Å². The lowest BCUT2D eigenvalue weighted by Gasteiger charge is -2.27. The van der Waals surface area contributed by atoms with Crippen molar-refractivity contribution < 1.29 is 23.9 Å². The van der Waals surface area contributed by atoms with Gasteiger partial charge in [-0.1, -0.05) is 6.08 Å². The molecular weight excluding hydrogens is 404 g/mol. The number of carbonyl (C=O) groups is 3. The molecule has 8 heteroatoms. The molecule has 1 aromatic rings. The molecule has 2 saturated heterocycles. The molecule has 7 nitrogen and oxygen atoms in total. The van der Waals surface area contributed by atoms with Gasteiger partial charge >= 0.3 is 0 Å². The number of amides is 3. The van der Waals surface area contributed by atoms with Gasteiger partial charge < -0.3 is 14.4 Å². The van der Waals surface area contributed by atoms with Gasteiger partial charge in [0.05, 0.1) is 19.1 Å². The summed E-state index contributed by atoms with van der Waals surface area (Å²) < 4.78 is 10.8. The summed E-state index contributed by atoms with van der Waals surface area (Å²) >= 11 is 0.843. The molecule has 2 aliphatic heterocycles. The van der Waals surface area contributed by atoms with Gasteiger partial charge in [0.25, 0.3) is 11.1 Å². The first-order valence-corrected chi connectivity index (χ1v) is 10.7.